The number of aryl methyl sites for hydroxylation is 1. The van der Waals surface area contributed by atoms with E-state index in [0.29, 0.717) is 18.9 Å². The standard InChI is InChI=1S/C17H22BrNO2/c1-3-9-21-16-11-14-12(7-8-19-17(20)4-2)5-6-13(14)10-15(16)18/h3,10-12H,1,4-9H2,2H3,(H,19,20). The molecular formula is C17H22BrNO2. The van der Waals surface area contributed by atoms with Crippen molar-refractivity contribution in [3.05, 3.63) is 40.4 Å². The fourth-order valence-corrected chi connectivity index (χ4v) is 3.27. The van der Waals surface area contributed by atoms with Crippen LogP contribution in [0.1, 0.15) is 43.2 Å². The Morgan fingerprint density at radius 2 is 2.38 bits per heavy atom. The first-order valence-electron chi connectivity index (χ1n) is 7.48. The van der Waals surface area contributed by atoms with Gasteiger partial charge in [-0.3, -0.25) is 4.79 Å². The highest BCUT2D eigenvalue weighted by molar-refractivity contribution is 9.10. The van der Waals surface area contributed by atoms with Crippen molar-refractivity contribution < 1.29 is 9.53 Å². The molecule has 1 aromatic carbocycles. The zero-order valence-corrected chi connectivity index (χ0v) is 14.0. The smallest absolute Gasteiger partial charge is 0.219 e. The normalized spacial score (nSPS) is 16.4. The maximum Gasteiger partial charge on any atom is 0.219 e. The Labute approximate surface area is 134 Å². The van der Waals surface area contributed by atoms with Gasteiger partial charge < -0.3 is 10.1 Å². The summed E-state index contributed by atoms with van der Waals surface area (Å²) in [4.78, 5) is 11.3. The van der Waals surface area contributed by atoms with Crippen LogP contribution in [0.5, 0.6) is 5.75 Å². The third-order valence-electron chi connectivity index (χ3n) is 3.89. The van der Waals surface area contributed by atoms with Crippen molar-refractivity contribution in [2.45, 2.75) is 38.5 Å². The second kappa shape index (κ2) is 7.64. The summed E-state index contributed by atoms with van der Waals surface area (Å²) in [5.41, 5.74) is 2.75. The van der Waals surface area contributed by atoms with E-state index < -0.39 is 0 Å². The highest BCUT2D eigenvalue weighted by Gasteiger charge is 2.24. The summed E-state index contributed by atoms with van der Waals surface area (Å²) >= 11 is 3.56. The Kier molecular flexibility index (Phi) is 5.85. The highest BCUT2D eigenvalue weighted by Crippen LogP contribution is 2.40. The third-order valence-corrected chi connectivity index (χ3v) is 4.51. The molecule has 1 aliphatic carbocycles. The number of halogens is 1. The van der Waals surface area contributed by atoms with Crippen LogP contribution >= 0.6 is 15.9 Å². The Bertz CT molecular complexity index is 528. The third kappa shape index (κ3) is 4.10. The van der Waals surface area contributed by atoms with Gasteiger partial charge in [0.2, 0.25) is 5.91 Å². The molecule has 1 N–H and O–H groups in total. The molecule has 0 bridgehead atoms. The topological polar surface area (TPSA) is 38.3 Å². The number of carbonyl (C=O) groups is 1. The van der Waals surface area contributed by atoms with Crippen molar-refractivity contribution in [1.82, 2.24) is 5.32 Å². The van der Waals surface area contributed by atoms with E-state index in [2.05, 4.69) is 40.0 Å². The van der Waals surface area contributed by atoms with Gasteiger partial charge in [0.15, 0.2) is 0 Å². The van der Waals surface area contributed by atoms with Crippen LogP contribution in [-0.2, 0) is 11.2 Å². The van der Waals surface area contributed by atoms with Crippen LogP contribution in [0.4, 0.5) is 0 Å². The molecule has 0 spiro atoms. The van der Waals surface area contributed by atoms with E-state index in [-0.39, 0.29) is 5.91 Å². The predicted octanol–water partition coefficient (Wildman–Crippen LogP) is 3.96. The van der Waals surface area contributed by atoms with E-state index in [4.69, 9.17) is 4.74 Å². The Morgan fingerprint density at radius 1 is 1.57 bits per heavy atom. The van der Waals surface area contributed by atoms with Crippen LogP contribution in [0.2, 0.25) is 0 Å². The number of nitrogens with one attached hydrogen (secondary N) is 1. The van der Waals surface area contributed by atoms with Gasteiger partial charge in [-0.05, 0) is 64.4 Å². The molecule has 0 aromatic heterocycles. The van der Waals surface area contributed by atoms with Crippen LogP contribution in [0, 0.1) is 0 Å². The molecule has 1 unspecified atom stereocenters. The molecule has 21 heavy (non-hydrogen) atoms. The lowest BCUT2D eigenvalue weighted by Gasteiger charge is -2.14. The number of benzene rings is 1. The number of carbonyl (C=O) groups excluding carboxylic acids is 1. The second-order valence-electron chi connectivity index (χ2n) is 5.31. The van der Waals surface area contributed by atoms with E-state index >= 15 is 0 Å². The quantitative estimate of drug-likeness (QED) is 0.755. The maximum atomic E-state index is 11.3. The lowest BCUT2D eigenvalue weighted by Crippen LogP contribution is -2.24. The first kappa shape index (κ1) is 16.1. The summed E-state index contributed by atoms with van der Waals surface area (Å²) in [5.74, 6) is 1.51. The average molecular weight is 352 g/mol. The summed E-state index contributed by atoms with van der Waals surface area (Å²) in [5, 5.41) is 2.96. The highest BCUT2D eigenvalue weighted by atomic mass is 79.9. The van der Waals surface area contributed by atoms with E-state index in [1.54, 1.807) is 6.08 Å². The molecule has 114 valence electrons. The fourth-order valence-electron chi connectivity index (χ4n) is 2.76. The number of amides is 1. The van der Waals surface area contributed by atoms with Gasteiger partial charge in [0.25, 0.3) is 0 Å². The number of rotatable bonds is 7. The summed E-state index contributed by atoms with van der Waals surface area (Å²) < 4.78 is 6.69. The van der Waals surface area contributed by atoms with E-state index in [9.17, 15) is 4.79 Å². The van der Waals surface area contributed by atoms with Gasteiger partial charge in [-0.1, -0.05) is 19.6 Å². The minimum absolute atomic E-state index is 0.124. The van der Waals surface area contributed by atoms with Gasteiger partial charge in [0.05, 0.1) is 4.47 Å². The van der Waals surface area contributed by atoms with Crippen molar-refractivity contribution in [3.63, 3.8) is 0 Å². The first-order valence-corrected chi connectivity index (χ1v) is 8.27. The zero-order valence-electron chi connectivity index (χ0n) is 12.5. The second-order valence-corrected chi connectivity index (χ2v) is 6.16. The van der Waals surface area contributed by atoms with Gasteiger partial charge in [-0.15, -0.1) is 0 Å². The molecule has 0 fully saturated rings. The van der Waals surface area contributed by atoms with Gasteiger partial charge in [0, 0.05) is 13.0 Å². The largest absolute Gasteiger partial charge is 0.488 e. The van der Waals surface area contributed by atoms with Crippen molar-refractivity contribution in [2.75, 3.05) is 13.2 Å². The fraction of sp³-hybridized carbons (Fsp3) is 0.471. The van der Waals surface area contributed by atoms with Crippen molar-refractivity contribution >= 4 is 21.8 Å². The Morgan fingerprint density at radius 3 is 3.10 bits per heavy atom. The van der Waals surface area contributed by atoms with Crippen LogP contribution in [0.3, 0.4) is 0 Å². The molecule has 1 amide bonds. The van der Waals surface area contributed by atoms with Gasteiger partial charge >= 0.3 is 0 Å². The summed E-state index contributed by atoms with van der Waals surface area (Å²) in [6.07, 6.45) is 5.53. The Balaban J connectivity index is 2.03. The summed E-state index contributed by atoms with van der Waals surface area (Å²) in [7, 11) is 0. The molecular weight excluding hydrogens is 330 g/mol. The molecule has 0 aliphatic heterocycles. The SMILES string of the molecule is C=CCOc1cc2c(cc1Br)CCC2CCNC(=O)CC. The molecule has 1 aromatic rings. The lowest BCUT2D eigenvalue weighted by molar-refractivity contribution is -0.120. The molecule has 0 saturated heterocycles. The maximum absolute atomic E-state index is 11.3. The number of hydrogen-bond acceptors (Lipinski definition) is 2. The van der Waals surface area contributed by atoms with Crippen LogP contribution in [0.25, 0.3) is 0 Å². The summed E-state index contributed by atoms with van der Waals surface area (Å²) in [6.45, 7) is 6.81. The van der Waals surface area contributed by atoms with Crippen molar-refractivity contribution in [1.29, 1.82) is 0 Å². The molecule has 0 saturated carbocycles. The van der Waals surface area contributed by atoms with E-state index in [0.717, 1.165) is 36.0 Å². The number of ether oxygens (including phenoxy) is 1. The average Bonchev–Trinajstić information content (AvgIpc) is 2.86. The number of hydrogen-bond donors (Lipinski definition) is 1. The zero-order chi connectivity index (χ0) is 15.2. The van der Waals surface area contributed by atoms with Crippen LogP contribution in [-0.4, -0.2) is 19.1 Å². The summed E-state index contributed by atoms with van der Waals surface area (Å²) in [6, 6.07) is 4.31. The van der Waals surface area contributed by atoms with Crippen LogP contribution in [0.15, 0.2) is 29.3 Å². The first-order chi connectivity index (χ1) is 10.2. The minimum Gasteiger partial charge on any atom is -0.488 e. The predicted molar refractivity (Wildman–Crippen MR) is 88.8 cm³/mol. The number of fused-ring (bicyclic) bond motifs is 1. The molecule has 0 radical (unpaired) electrons. The molecule has 4 heteroatoms. The van der Waals surface area contributed by atoms with Gasteiger partial charge in [-0.25, -0.2) is 0 Å². The van der Waals surface area contributed by atoms with Gasteiger partial charge in [0.1, 0.15) is 12.4 Å². The van der Waals surface area contributed by atoms with Crippen molar-refractivity contribution in [3.8, 4) is 5.75 Å². The molecule has 1 atom stereocenters. The van der Waals surface area contributed by atoms with E-state index in [1.165, 1.54) is 11.1 Å². The molecule has 3 nitrogen and oxygen atoms in total. The monoisotopic (exact) mass is 351 g/mol. The minimum atomic E-state index is 0.124. The molecule has 0 heterocycles. The van der Waals surface area contributed by atoms with Gasteiger partial charge in [-0.2, -0.15) is 0 Å². The molecule has 1 aliphatic rings. The lowest BCUT2D eigenvalue weighted by atomic mass is 9.97. The molecule has 2 rings (SSSR count). The van der Waals surface area contributed by atoms with E-state index in [1.807, 2.05) is 6.92 Å². The van der Waals surface area contributed by atoms with Crippen LogP contribution < -0.4 is 10.1 Å². The van der Waals surface area contributed by atoms with Crippen molar-refractivity contribution in [2.24, 2.45) is 0 Å². The Hall–Kier alpha value is -1.29.